The summed E-state index contributed by atoms with van der Waals surface area (Å²) >= 11 is 3.13. The number of aliphatic hydroxyl groups is 1. The largest absolute Gasteiger partial charge is 0.389 e. The van der Waals surface area contributed by atoms with Crippen LogP contribution in [0.3, 0.4) is 0 Å². The second kappa shape index (κ2) is 4.95. The number of hydrogen-bond donors (Lipinski definition) is 1. The summed E-state index contributed by atoms with van der Waals surface area (Å²) in [4.78, 5) is 8.60. The smallest absolute Gasteiger partial charge is 0.156 e. The molecule has 0 aliphatic carbocycles. The van der Waals surface area contributed by atoms with Crippen molar-refractivity contribution in [3.8, 4) is 0 Å². The SMILES string of the molecule is Cc1csc(Sc2cc(C(C)O)ccn2)n1. The number of pyridine rings is 1. The van der Waals surface area contributed by atoms with Crippen LogP contribution in [0.25, 0.3) is 0 Å². The molecule has 1 N–H and O–H groups in total. The van der Waals surface area contributed by atoms with Gasteiger partial charge in [-0.1, -0.05) is 0 Å². The van der Waals surface area contributed by atoms with Gasteiger partial charge < -0.3 is 5.11 Å². The van der Waals surface area contributed by atoms with Crippen molar-refractivity contribution in [1.82, 2.24) is 9.97 Å². The summed E-state index contributed by atoms with van der Waals surface area (Å²) in [5, 5.41) is 12.4. The summed E-state index contributed by atoms with van der Waals surface area (Å²) in [5.41, 5.74) is 1.91. The van der Waals surface area contributed by atoms with Gasteiger partial charge in [0.15, 0.2) is 4.34 Å². The lowest BCUT2D eigenvalue weighted by atomic mass is 10.2. The van der Waals surface area contributed by atoms with Gasteiger partial charge >= 0.3 is 0 Å². The van der Waals surface area contributed by atoms with Crippen LogP contribution in [-0.4, -0.2) is 15.1 Å². The molecule has 5 heteroatoms. The first-order valence-corrected chi connectivity index (χ1v) is 6.59. The molecule has 0 saturated heterocycles. The predicted molar refractivity (Wildman–Crippen MR) is 65.8 cm³/mol. The molecule has 0 bridgehead atoms. The molecule has 0 aromatic carbocycles. The Morgan fingerprint density at radius 3 is 2.94 bits per heavy atom. The van der Waals surface area contributed by atoms with E-state index in [4.69, 9.17) is 0 Å². The average molecular weight is 252 g/mol. The number of rotatable bonds is 3. The highest BCUT2D eigenvalue weighted by Crippen LogP contribution is 2.29. The van der Waals surface area contributed by atoms with Crippen LogP contribution in [0.5, 0.6) is 0 Å². The standard InChI is InChI=1S/C11H12N2OS2/c1-7-6-15-11(13-7)16-10-5-9(8(2)14)3-4-12-10/h3-6,8,14H,1-2H3. The molecule has 2 aromatic rings. The minimum Gasteiger partial charge on any atom is -0.389 e. The second-order valence-electron chi connectivity index (χ2n) is 3.46. The summed E-state index contributed by atoms with van der Waals surface area (Å²) in [7, 11) is 0. The van der Waals surface area contributed by atoms with E-state index in [2.05, 4.69) is 9.97 Å². The first-order chi connectivity index (χ1) is 7.65. The lowest BCUT2D eigenvalue weighted by Crippen LogP contribution is -1.92. The molecule has 2 aromatic heterocycles. The zero-order valence-corrected chi connectivity index (χ0v) is 10.7. The minimum atomic E-state index is -0.458. The molecule has 0 spiro atoms. The Kier molecular flexibility index (Phi) is 3.58. The van der Waals surface area contributed by atoms with Gasteiger partial charge in [-0.05, 0) is 43.3 Å². The fraction of sp³-hybridized carbons (Fsp3) is 0.273. The molecule has 2 heterocycles. The van der Waals surface area contributed by atoms with Crippen molar-refractivity contribution in [3.63, 3.8) is 0 Å². The molecule has 16 heavy (non-hydrogen) atoms. The highest BCUT2D eigenvalue weighted by molar-refractivity contribution is 8.01. The third-order valence-corrected chi connectivity index (χ3v) is 4.02. The topological polar surface area (TPSA) is 46.0 Å². The summed E-state index contributed by atoms with van der Waals surface area (Å²) < 4.78 is 0.979. The van der Waals surface area contributed by atoms with Crippen LogP contribution in [0, 0.1) is 6.92 Å². The maximum Gasteiger partial charge on any atom is 0.156 e. The molecule has 1 atom stereocenters. The molecule has 0 aliphatic heterocycles. The molecule has 2 rings (SSSR count). The molecule has 0 aliphatic rings. The Morgan fingerprint density at radius 1 is 1.50 bits per heavy atom. The van der Waals surface area contributed by atoms with E-state index in [-0.39, 0.29) is 0 Å². The van der Waals surface area contributed by atoms with E-state index in [0.717, 1.165) is 20.6 Å². The number of hydrogen-bond acceptors (Lipinski definition) is 5. The monoisotopic (exact) mass is 252 g/mol. The molecule has 1 unspecified atom stereocenters. The Morgan fingerprint density at radius 2 is 2.31 bits per heavy atom. The van der Waals surface area contributed by atoms with Gasteiger partial charge in [0.25, 0.3) is 0 Å². The van der Waals surface area contributed by atoms with Crippen molar-refractivity contribution in [3.05, 3.63) is 35.0 Å². The van der Waals surface area contributed by atoms with Crippen LogP contribution in [0.4, 0.5) is 0 Å². The zero-order chi connectivity index (χ0) is 11.5. The Balaban J connectivity index is 2.18. The van der Waals surface area contributed by atoms with Crippen molar-refractivity contribution in [1.29, 1.82) is 0 Å². The van der Waals surface area contributed by atoms with Gasteiger partial charge in [0.1, 0.15) is 5.03 Å². The van der Waals surface area contributed by atoms with Gasteiger partial charge in [-0.3, -0.25) is 0 Å². The Bertz CT molecular complexity index is 482. The number of aromatic nitrogens is 2. The van der Waals surface area contributed by atoms with Crippen molar-refractivity contribution >= 4 is 23.1 Å². The van der Waals surface area contributed by atoms with E-state index in [1.54, 1.807) is 24.5 Å². The van der Waals surface area contributed by atoms with E-state index >= 15 is 0 Å². The van der Waals surface area contributed by atoms with Crippen LogP contribution in [0.2, 0.25) is 0 Å². The lowest BCUT2D eigenvalue weighted by Gasteiger charge is -2.05. The maximum absolute atomic E-state index is 9.47. The molecular weight excluding hydrogens is 240 g/mol. The zero-order valence-electron chi connectivity index (χ0n) is 9.04. The van der Waals surface area contributed by atoms with Crippen LogP contribution >= 0.6 is 23.1 Å². The summed E-state index contributed by atoms with van der Waals surface area (Å²) in [6.45, 7) is 3.72. The highest BCUT2D eigenvalue weighted by Gasteiger charge is 2.06. The number of aryl methyl sites for hydroxylation is 1. The molecule has 0 fully saturated rings. The third-order valence-electron chi connectivity index (χ3n) is 2.03. The molecule has 0 saturated carbocycles. The maximum atomic E-state index is 9.47. The van der Waals surface area contributed by atoms with E-state index < -0.39 is 6.10 Å². The van der Waals surface area contributed by atoms with Crippen LogP contribution in [0.15, 0.2) is 33.1 Å². The minimum absolute atomic E-state index is 0.458. The van der Waals surface area contributed by atoms with Crippen molar-refractivity contribution < 1.29 is 5.11 Å². The normalized spacial score (nSPS) is 12.7. The highest BCUT2D eigenvalue weighted by atomic mass is 32.2. The summed E-state index contributed by atoms with van der Waals surface area (Å²) in [6.07, 6.45) is 1.26. The van der Waals surface area contributed by atoms with Gasteiger partial charge in [0.05, 0.1) is 6.10 Å². The van der Waals surface area contributed by atoms with E-state index in [1.165, 1.54) is 11.8 Å². The Hall–Kier alpha value is -0.910. The molecular formula is C11H12N2OS2. The van der Waals surface area contributed by atoms with Gasteiger partial charge in [-0.15, -0.1) is 11.3 Å². The van der Waals surface area contributed by atoms with Gasteiger partial charge in [0.2, 0.25) is 0 Å². The predicted octanol–water partition coefficient (Wildman–Crippen LogP) is 3.05. The molecule has 84 valence electrons. The summed E-state index contributed by atoms with van der Waals surface area (Å²) in [6, 6.07) is 3.72. The van der Waals surface area contributed by atoms with Gasteiger partial charge in [-0.25, -0.2) is 9.97 Å². The second-order valence-corrected chi connectivity index (χ2v) is 5.59. The van der Waals surface area contributed by atoms with Crippen LogP contribution in [0.1, 0.15) is 24.3 Å². The lowest BCUT2D eigenvalue weighted by molar-refractivity contribution is 0.199. The third kappa shape index (κ3) is 2.81. The van der Waals surface area contributed by atoms with E-state index in [1.807, 2.05) is 24.4 Å². The molecule has 0 radical (unpaired) electrons. The van der Waals surface area contributed by atoms with Crippen molar-refractivity contribution in [2.24, 2.45) is 0 Å². The van der Waals surface area contributed by atoms with Crippen molar-refractivity contribution in [2.45, 2.75) is 29.3 Å². The first-order valence-electron chi connectivity index (χ1n) is 4.89. The van der Waals surface area contributed by atoms with E-state index in [0.29, 0.717) is 0 Å². The number of aliphatic hydroxyl groups excluding tert-OH is 1. The van der Waals surface area contributed by atoms with Crippen LogP contribution < -0.4 is 0 Å². The van der Waals surface area contributed by atoms with Gasteiger partial charge in [-0.2, -0.15) is 0 Å². The average Bonchev–Trinajstić information content (AvgIpc) is 2.64. The summed E-state index contributed by atoms with van der Waals surface area (Å²) in [5.74, 6) is 0. The van der Waals surface area contributed by atoms with Crippen molar-refractivity contribution in [2.75, 3.05) is 0 Å². The van der Waals surface area contributed by atoms with Gasteiger partial charge in [0, 0.05) is 17.3 Å². The fourth-order valence-corrected chi connectivity index (χ4v) is 3.00. The molecule has 3 nitrogen and oxygen atoms in total. The number of nitrogens with zero attached hydrogens (tertiary/aromatic N) is 2. The first kappa shape index (κ1) is 11.6. The number of thiazole rings is 1. The Labute approximate surface area is 103 Å². The fourth-order valence-electron chi connectivity index (χ4n) is 1.21. The van der Waals surface area contributed by atoms with E-state index in [9.17, 15) is 5.11 Å². The van der Waals surface area contributed by atoms with Crippen LogP contribution in [-0.2, 0) is 0 Å². The molecule has 0 amide bonds. The quantitative estimate of drug-likeness (QED) is 0.912.